The molecule has 0 spiro atoms. The third-order valence-electron chi connectivity index (χ3n) is 3.19. The van der Waals surface area contributed by atoms with Crippen LogP contribution in [0.25, 0.3) is 0 Å². The smallest absolute Gasteiger partial charge is 0.324 e. The lowest BCUT2D eigenvalue weighted by atomic mass is 10.0. The molecule has 1 aliphatic rings. The van der Waals surface area contributed by atoms with E-state index in [2.05, 4.69) is 31.0 Å². The average Bonchev–Trinajstić information content (AvgIpc) is 2.86. The van der Waals surface area contributed by atoms with Crippen molar-refractivity contribution in [2.75, 3.05) is 0 Å². The van der Waals surface area contributed by atoms with E-state index >= 15 is 0 Å². The SMILES string of the molecule is Cn1nnc(Br)c1S(=O)(=O)NC1(C(=O)O)CCCC1. The van der Waals surface area contributed by atoms with Crippen molar-refractivity contribution in [1.29, 1.82) is 0 Å². The monoisotopic (exact) mass is 352 g/mol. The zero-order chi connectivity index (χ0) is 14.3. The zero-order valence-electron chi connectivity index (χ0n) is 10.1. The minimum Gasteiger partial charge on any atom is -0.480 e. The molecule has 0 atom stereocenters. The highest BCUT2D eigenvalue weighted by Crippen LogP contribution is 2.32. The van der Waals surface area contributed by atoms with E-state index in [0.29, 0.717) is 12.8 Å². The van der Waals surface area contributed by atoms with Crippen molar-refractivity contribution >= 4 is 31.9 Å². The molecule has 8 nitrogen and oxygen atoms in total. The van der Waals surface area contributed by atoms with Gasteiger partial charge in [-0.15, -0.1) is 5.10 Å². The van der Waals surface area contributed by atoms with Crippen LogP contribution in [-0.4, -0.2) is 40.0 Å². The summed E-state index contributed by atoms with van der Waals surface area (Å²) in [5, 5.41) is 16.3. The van der Waals surface area contributed by atoms with E-state index in [1.807, 2.05) is 0 Å². The van der Waals surface area contributed by atoms with Crippen molar-refractivity contribution in [3.05, 3.63) is 4.60 Å². The van der Waals surface area contributed by atoms with Crippen LogP contribution in [0.4, 0.5) is 0 Å². The maximum absolute atomic E-state index is 12.3. The van der Waals surface area contributed by atoms with Crippen molar-refractivity contribution in [2.24, 2.45) is 7.05 Å². The van der Waals surface area contributed by atoms with Crippen molar-refractivity contribution in [2.45, 2.75) is 36.2 Å². The fourth-order valence-electron chi connectivity index (χ4n) is 2.25. The molecule has 0 unspecified atom stereocenters. The second kappa shape index (κ2) is 4.84. The van der Waals surface area contributed by atoms with Gasteiger partial charge in [0.15, 0.2) is 4.60 Å². The van der Waals surface area contributed by atoms with Crippen LogP contribution in [-0.2, 0) is 21.9 Å². The molecule has 0 bridgehead atoms. The average molecular weight is 353 g/mol. The first-order valence-electron chi connectivity index (χ1n) is 5.61. The molecular formula is C9H13BrN4O4S. The van der Waals surface area contributed by atoms with Gasteiger partial charge in [-0.05, 0) is 28.8 Å². The largest absolute Gasteiger partial charge is 0.480 e. The van der Waals surface area contributed by atoms with Crippen LogP contribution in [0.15, 0.2) is 9.63 Å². The maximum atomic E-state index is 12.3. The molecular weight excluding hydrogens is 340 g/mol. The summed E-state index contributed by atoms with van der Waals surface area (Å²) in [5.74, 6) is -1.15. The molecule has 1 fully saturated rings. The number of hydrogen-bond donors (Lipinski definition) is 2. The Morgan fingerprint density at radius 2 is 2.05 bits per heavy atom. The molecule has 0 saturated heterocycles. The maximum Gasteiger partial charge on any atom is 0.324 e. The van der Waals surface area contributed by atoms with Gasteiger partial charge in [0.1, 0.15) is 5.54 Å². The Labute approximate surface area is 118 Å². The molecule has 1 aliphatic carbocycles. The van der Waals surface area contributed by atoms with Crippen LogP contribution in [0.3, 0.4) is 0 Å². The van der Waals surface area contributed by atoms with E-state index in [1.54, 1.807) is 0 Å². The highest BCUT2D eigenvalue weighted by Gasteiger charge is 2.45. The first-order chi connectivity index (χ1) is 8.78. The normalized spacial score (nSPS) is 18.6. The van der Waals surface area contributed by atoms with Crippen LogP contribution >= 0.6 is 15.9 Å². The van der Waals surface area contributed by atoms with E-state index < -0.39 is 21.5 Å². The quantitative estimate of drug-likeness (QED) is 0.802. The Morgan fingerprint density at radius 1 is 1.47 bits per heavy atom. The van der Waals surface area contributed by atoms with Gasteiger partial charge in [0.2, 0.25) is 5.03 Å². The number of nitrogens with zero attached hydrogens (tertiary/aromatic N) is 3. The second-order valence-corrected chi connectivity index (χ2v) is 6.86. The number of hydrogen-bond acceptors (Lipinski definition) is 5. The van der Waals surface area contributed by atoms with E-state index in [0.717, 1.165) is 4.68 Å². The lowest BCUT2D eigenvalue weighted by molar-refractivity contribution is -0.143. The number of aryl methyl sites for hydroxylation is 1. The summed E-state index contributed by atoms with van der Waals surface area (Å²) >= 11 is 3.00. The fourth-order valence-corrected chi connectivity index (χ4v) is 4.77. The van der Waals surface area contributed by atoms with Gasteiger partial charge in [0.05, 0.1) is 0 Å². The molecule has 0 aromatic carbocycles. The standard InChI is InChI=1S/C9H13BrN4O4S/c1-14-7(6(10)11-13-14)19(17,18)12-9(8(15)16)4-2-3-5-9/h12H,2-5H2,1H3,(H,15,16). The zero-order valence-corrected chi connectivity index (χ0v) is 12.5. The predicted octanol–water partition coefficient (Wildman–Crippen LogP) is 0.253. The first-order valence-corrected chi connectivity index (χ1v) is 7.89. The molecule has 10 heteroatoms. The summed E-state index contributed by atoms with van der Waals surface area (Å²) in [7, 11) is -2.58. The lowest BCUT2D eigenvalue weighted by Gasteiger charge is -2.24. The van der Waals surface area contributed by atoms with Crippen LogP contribution in [0.5, 0.6) is 0 Å². The molecule has 106 valence electrons. The predicted molar refractivity (Wildman–Crippen MR) is 67.9 cm³/mol. The molecule has 0 amide bonds. The minimum atomic E-state index is -4.00. The molecule has 1 aromatic heterocycles. The van der Waals surface area contributed by atoms with E-state index in [1.165, 1.54) is 7.05 Å². The van der Waals surface area contributed by atoms with Gasteiger partial charge in [-0.3, -0.25) is 4.79 Å². The summed E-state index contributed by atoms with van der Waals surface area (Å²) in [5.41, 5.74) is -1.43. The summed E-state index contributed by atoms with van der Waals surface area (Å²) < 4.78 is 28.0. The topological polar surface area (TPSA) is 114 Å². The van der Waals surface area contributed by atoms with Crippen molar-refractivity contribution in [3.8, 4) is 0 Å². The third kappa shape index (κ3) is 2.51. The Bertz CT molecular complexity index is 586. The fraction of sp³-hybridized carbons (Fsp3) is 0.667. The Balaban J connectivity index is 2.39. The van der Waals surface area contributed by atoms with Crippen LogP contribution < -0.4 is 4.72 Å². The number of carbonyl (C=O) groups is 1. The van der Waals surface area contributed by atoms with Gasteiger partial charge >= 0.3 is 5.97 Å². The molecule has 1 saturated carbocycles. The van der Waals surface area contributed by atoms with Gasteiger partial charge < -0.3 is 5.11 Å². The van der Waals surface area contributed by atoms with Gasteiger partial charge in [-0.25, -0.2) is 13.1 Å². The number of halogens is 1. The van der Waals surface area contributed by atoms with Crippen LogP contribution in [0, 0.1) is 0 Å². The molecule has 2 rings (SSSR count). The highest BCUT2D eigenvalue weighted by molar-refractivity contribution is 9.10. The molecule has 2 N–H and O–H groups in total. The van der Waals surface area contributed by atoms with Crippen LogP contribution in [0.2, 0.25) is 0 Å². The minimum absolute atomic E-state index is 0.0565. The van der Waals surface area contributed by atoms with E-state index in [4.69, 9.17) is 0 Å². The summed E-state index contributed by atoms with van der Waals surface area (Å²) in [4.78, 5) is 11.4. The highest BCUT2D eigenvalue weighted by atomic mass is 79.9. The van der Waals surface area contributed by atoms with E-state index in [9.17, 15) is 18.3 Å². The molecule has 0 aliphatic heterocycles. The third-order valence-corrected chi connectivity index (χ3v) is 5.61. The number of aliphatic carboxylic acids is 1. The van der Waals surface area contributed by atoms with Gasteiger partial charge in [-0.1, -0.05) is 18.1 Å². The number of carboxylic acids is 1. The lowest BCUT2D eigenvalue weighted by Crippen LogP contribution is -2.52. The number of nitrogens with one attached hydrogen (secondary N) is 1. The molecule has 0 radical (unpaired) electrons. The van der Waals surface area contributed by atoms with Gasteiger partial charge in [-0.2, -0.15) is 4.72 Å². The molecule has 1 aromatic rings. The molecule has 19 heavy (non-hydrogen) atoms. The second-order valence-electron chi connectivity index (χ2n) is 4.51. The summed E-state index contributed by atoms with van der Waals surface area (Å²) in [6.07, 6.45) is 1.92. The van der Waals surface area contributed by atoms with Gasteiger partial charge in [0.25, 0.3) is 10.0 Å². The number of sulfonamides is 1. The number of aromatic nitrogens is 3. The Morgan fingerprint density at radius 3 is 2.47 bits per heavy atom. The Hall–Kier alpha value is -1.00. The Kier molecular flexibility index (Phi) is 3.67. The number of carboxylic acid groups (broad SMARTS) is 1. The molecule has 1 heterocycles. The summed E-state index contributed by atoms with van der Waals surface area (Å²) in [6, 6.07) is 0. The van der Waals surface area contributed by atoms with Crippen molar-refractivity contribution < 1.29 is 18.3 Å². The van der Waals surface area contributed by atoms with Gasteiger partial charge in [0, 0.05) is 7.05 Å². The van der Waals surface area contributed by atoms with Crippen molar-refractivity contribution in [3.63, 3.8) is 0 Å². The summed E-state index contributed by atoms with van der Waals surface area (Å²) in [6.45, 7) is 0. The first kappa shape index (κ1) is 14.4. The van der Waals surface area contributed by atoms with Crippen molar-refractivity contribution in [1.82, 2.24) is 19.7 Å². The van der Waals surface area contributed by atoms with E-state index in [-0.39, 0.29) is 22.5 Å². The number of rotatable bonds is 4. The van der Waals surface area contributed by atoms with Crippen LogP contribution in [0.1, 0.15) is 25.7 Å².